The van der Waals surface area contributed by atoms with Crippen molar-refractivity contribution in [1.29, 1.82) is 0 Å². The van der Waals surface area contributed by atoms with Crippen LogP contribution in [0.1, 0.15) is 34.5 Å². The van der Waals surface area contributed by atoms with Crippen LogP contribution in [0.4, 0.5) is 5.13 Å². The minimum Gasteiger partial charge on any atom is -0.496 e. The molecule has 0 unspecified atom stereocenters. The molecule has 0 saturated heterocycles. The number of hydrogen-bond acceptors (Lipinski definition) is 7. The number of anilines is 1. The van der Waals surface area contributed by atoms with E-state index in [4.69, 9.17) is 4.74 Å². The molecule has 0 bridgehead atoms. The highest BCUT2D eigenvalue weighted by atomic mass is 32.2. The van der Waals surface area contributed by atoms with Crippen molar-refractivity contribution in [1.82, 2.24) is 14.9 Å². The minimum absolute atomic E-state index is 0.101. The predicted molar refractivity (Wildman–Crippen MR) is 111 cm³/mol. The highest BCUT2D eigenvalue weighted by molar-refractivity contribution is 7.91. The van der Waals surface area contributed by atoms with Crippen LogP contribution in [0, 0.1) is 6.92 Å². The van der Waals surface area contributed by atoms with Gasteiger partial charge in [-0.15, -0.1) is 10.2 Å². The van der Waals surface area contributed by atoms with Crippen LogP contribution < -0.4 is 14.8 Å². The molecular formula is C19H20N4O4S2. The SMILES string of the molecule is COc1ccccc1[C@H](C)NS(=O)(=O)c1nnc(NC(=O)c2ccccc2C)s1. The number of benzene rings is 2. The van der Waals surface area contributed by atoms with E-state index in [-0.39, 0.29) is 15.4 Å². The molecule has 0 aliphatic rings. The highest BCUT2D eigenvalue weighted by Crippen LogP contribution is 2.27. The lowest BCUT2D eigenvalue weighted by Crippen LogP contribution is -2.27. The fourth-order valence-corrected chi connectivity index (χ4v) is 4.87. The van der Waals surface area contributed by atoms with Gasteiger partial charge < -0.3 is 4.74 Å². The molecule has 0 aliphatic heterocycles. The quantitative estimate of drug-likeness (QED) is 0.555. The Hall–Kier alpha value is -2.82. The molecule has 2 N–H and O–H groups in total. The number of ether oxygens (including phenoxy) is 1. The predicted octanol–water partition coefficient (Wildman–Crippen LogP) is 3.15. The zero-order valence-corrected chi connectivity index (χ0v) is 17.7. The van der Waals surface area contributed by atoms with Gasteiger partial charge in [0, 0.05) is 17.2 Å². The van der Waals surface area contributed by atoms with Crippen LogP contribution in [0.25, 0.3) is 0 Å². The third-order valence-corrected chi connectivity index (χ3v) is 6.93. The van der Waals surface area contributed by atoms with Crippen LogP contribution in [0.3, 0.4) is 0 Å². The number of nitrogens with zero attached hydrogens (tertiary/aromatic N) is 2. The average Bonchev–Trinajstić information content (AvgIpc) is 3.17. The van der Waals surface area contributed by atoms with Gasteiger partial charge in [0.25, 0.3) is 15.9 Å². The third-order valence-electron chi connectivity index (χ3n) is 4.18. The van der Waals surface area contributed by atoms with E-state index >= 15 is 0 Å². The first-order valence-electron chi connectivity index (χ1n) is 8.67. The number of rotatable bonds is 7. The zero-order valence-electron chi connectivity index (χ0n) is 16.0. The molecule has 10 heteroatoms. The van der Waals surface area contributed by atoms with Gasteiger partial charge in [-0.2, -0.15) is 0 Å². The summed E-state index contributed by atoms with van der Waals surface area (Å²) < 4.78 is 33.0. The number of para-hydroxylation sites is 1. The van der Waals surface area contributed by atoms with Gasteiger partial charge in [0.2, 0.25) is 9.47 Å². The van der Waals surface area contributed by atoms with Gasteiger partial charge in [-0.25, -0.2) is 13.1 Å². The van der Waals surface area contributed by atoms with Gasteiger partial charge >= 0.3 is 0 Å². The molecule has 1 heterocycles. The molecular weight excluding hydrogens is 412 g/mol. The van der Waals surface area contributed by atoms with Crippen LogP contribution >= 0.6 is 11.3 Å². The number of sulfonamides is 1. The van der Waals surface area contributed by atoms with E-state index in [0.29, 0.717) is 16.9 Å². The molecule has 0 aliphatic carbocycles. The van der Waals surface area contributed by atoms with Gasteiger partial charge in [0.05, 0.1) is 7.11 Å². The Morgan fingerprint density at radius 1 is 1.10 bits per heavy atom. The highest BCUT2D eigenvalue weighted by Gasteiger charge is 2.25. The lowest BCUT2D eigenvalue weighted by molar-refractivity contribution is 0.102. The lowest BCUT2D eigenvalue weighted by Gasteiger charge is -2.16. The molecule has 29 heavy (non-hydrogen) atoms. The van der Waals surface area contributed by atoms with Crippen molar-refractivity contribution in [3.8, 4) is 5.75 Å². The molecule has 0 fully saturated rings. The molecule has 0 radical (unpaired) electrons. The number of aryl methyl sites for hydroxylation is 1. The number of nitrogens with one attached hydrogen (secondary N) is 2. The van der Waals surface area contributed by atoms with Gasteiger partial charge in [-0.1, -0.05) is 47.7 Å². The fourth-order valence-electron chi connectivity index (χ4n) is 2.73. The van der Waals surface area contributed by atoms with E-state index in [1.54, 1.807) is 43.3 Å². The van der Waals surface area contributed by atoms with E-state index in [0.717, 1.165) is 16.9 Å². The zero-order chi connectivity index (χ0) is 21.0. The van der Waals surface area contributed by atoms with E-state index in [1.165, 1.54) is 7.11 Å². The van der Waals surface area contributed by atoms with Gasteiger partial charge in [0.15, 0.2) is 0 Å². The smallest absolute Gasteiger partial charge is 0.270 e. The monoisotopic (exact) mass is 432 g/mol. The number of aromatic nitrogens is 2. The number of hydrogen-bond donors (Lipinski definition) is 2. The second kappa shape index (κ2) is 8.68. The maximum atomic E-state index is 12.7. The number of methoxy groups -OCH3 is 1. The Kier molecular flexibility index (Phi) is 6.26. The van der Waals surface area contributed by atoms with Crippen molar-refractivity contribution >= 4 is 32.4 Å². The van der Waals surface area contributed by atoms with Crippen molar-refractivity contribution in [3.05, 3.63) is 65.2 Å². The molecule has 3 aromatic rings. The van der Waals surface area contributed by atoms with Crippen LogP contribution in [-0.4, -0.2) is 31.6 Å². The molecule has 3 rings (SSSR count). The molecule has 0 saturated carbocycles. The Labute approximate surface area is 173 Å². The van der Waals surface area contributed by atoms with Crippen LogP contribution in [0.2, 0.25) is 0 Å². The first-order chi connectivity index (χ1) is 13.8. The summed E-state index contributed by atoms with van der Waals surface area (Å²) >= 11 is 0.780. The largest absolute Gasteiger partial charge is 0.496 e. The Balaban J connectivity index is 1.75. The van der Waals surface area contributed by atoms with Crippen LogP contribution in [0.15, 0.2) is 52.9 Å². The summed E-state index contributed by atoms with van der Waals surface area (Å²) in [6, 6.07) is 13.7. The number of amides is 1. The second-order valence-corrected chi connectivity index (χ2v) is 9.09. The van der Waals surface area contributed by atoms with E-state index in [2.05, 4.69) is 20.2 Å². The van der Waals surface area contributed by atoms with Crippen molar-refractivity contribution < 1.29 is 17.9 Å². The summed E-state index contributed by atoms with van der Waals surface area (Å²) in [5, 5.41) is 10.2. The summed E-state index contributed by atoms with van der Waals surface area (Å²) in [5.41, 5.74) is 1.97. The maximum Gasteiger partial charge on any atom is 0.270 e. The van der Waals surface area contributed by atoms with Crippen LogP contribution in [0.5, 0.6) is 5.75 Å². The summed E-state index contributed by atoms with van der Waals surface area (Å²) in [5.74, 6) is 0.199. The topological polar surface area (TPSA) is 110 Å². The van der Waals surface area contributed by atoms with E-state index < -0.39 is 16.1 Å². The summed E-state index contributed by atoms with van der Waals surface area (Å²) in [6.07, 6.45) is 0. The first kappa shape index (κ1) is 20.9. The van der Waals surface area contributed by atoms with Gasteiger partial charge in [-0.3, -0.25) is 10.1 Å². The summed E-state index contributed by atoms with van der Waals surface area (Å²) in [7, 11) is -2.41. The molecule has 1 atom stereocenters. The summed E-state index contributed by atoms with van der Waals surface area (Å²) in [4.78, 5) is 12.4. The Morgan fingerprint density at radius 3 is 2.52 bits per heavy atom. The van der Waals surface area contributed by atoms with Crippen LogP contribution in [-0.2, 0) is 10.0 Å². The molecule has 1 amide bonds. The number of carbonyl (C=O) groups is 1. The van der Waals surface area contributed by atoms with E-state index in [9.17, 15) is 13.2 Å². The summed E-state index contributed by atoms with van der Waals surface area (Å²) in [6.45, 7) is 3.52. The molecule has 152 valence electrons. The Morgan fingerprint density at radius 2 is 1.79 bits per heavy atom. The lowest BCUT2D eigenvalue weighted by atomic mass is 10.1. The molecule has 8 nitrogen and oxygen atoms in total. The Bertz CT molecular complexity index is 1130. The van der Waals surface area contributed by atoms with E-state index in [1.807, 2.05) is 19.1 Å². The second-order valence-electron chi connectivity index (χ2n) is 6.23. The maximum absolute atomic E-state index is 12.7. The van der Waals surface area contributed by atoms with Crippen molar-refractivity contribution in [2.75, 3.05) is 12.4 Å². The first-order valence-corrected chi connectivity index (χ1v) is 11.0. The normalized spacial score (nSPS) is 12.4. The van der Waals surface area contributed by atoms with Gasteiger partial charge in [0.1, 0.15) is 5.75 Å². The number of carbonyl (C=O) groups excluding carboxylic acids is 1. The third kappa shape index (κ3) is 4.78. The van der Waals surface area contributed by atoms with Crippen molar-refractivity contribution in [3.63, 3.8) is 0 Å². The van der Waals surface area contributed by atoms with Crippen molar-refractivity contribution in [2.24, 2.45) is 0 Å². The average molecular weight is 433 g/mol. The molecule has 2 aromatic carbocycles. The molecule has 0 spiro atoms. The minimum atomic E-state index is -3.93. The van der Waals surface area contributed by atoms with Crippen molar-refractivity contribution in [2.45, 2.75) is 24.2 Å². The standard InChI is InChI=1S/C19H20N4O4S2/c1-12-8-4-5-9-14(12)17(24)20-18-21-22-19(28-18)29(25,26)23-13(2)15-10-6-7-11-16(15)27-3/h4-11,13,23H,1-3H3,(H,20,21,24)/t13-/m0/s1. The fraction of sp³-hybridized carbons (Fsp3) is 0.211. The van der Waals surface area contributed by atoms with Gasteiger partial charge in [-0.05, 0) is 31.5 Å². The molecule has 1 aromatic heterocycles.